The quantitative estimate of drug-likeness (QED) is 0.462. The van der Waals surface area contributed by atoms with Crippen molar-refractivity contribution in [2.75, 3.05) is 25.0 Å². The zero-order valence-corrected chi connectivity index (χ0v) is 18.1. The fourth-order valence-corrected chi connectivity index (χ4v) is 3.33. The molecule has 1 aromatic carbocycles. The summed E-state index contributed by atoms with van der Waals surface area (Å²) in [7, 11) is 0. The van der Waals surface area contributed by atoms with Crippen LogP contribution in [0.5, 0.6) is 0 Å². The monoisotopic (exact) mass is 401 g/mol. The third-order valence-corrected chi connectivity index (χ3v) is 4.79. The van der Waals surface area contributed by atoms with Crippen LogP contribution < -0.4 is 16.0 Å². The predicted molar refractivity (Wildman–Crippen MR) is 118 cm³/mol. The van der Waals surface area contributed by atoms with Crippen LogP contribution in [0.3, 0.4) is 0 Å². The lowest BCUT2D eigenvalue weighted by Gasteiger charge is -2.20. The number of nitrogens with zero attached hydrogens (tertiary/aromatic N) is 2. The average molecular weight is 402 g/mol. The fourth-order valence-electron chi connectivity index (χ4n) is 3.33. The summed E-state index contributed by atoms with van der Waals surface area (Å²) in [6.07, 6.45) is 2.27. The van der Waals surface area contributed by atoms with E-state index in [0.29, 0.717) is 19.5 Å². The molecule has 0 aromatic heterocycles. The maximum atomic E-state index is 12.2. The number of anilines is 1. The van der Waals surface area contributed by atoms with Crippen molar-refractivity contribution in [3.63, 3.8) is 0 Å². The van der Waals surface area contributed by atoms with Crippen LogP contribution >= 0.6 is 0 Å². The van der Waals surface area contributed by atoms with Crippen molar-refractivity contribution in [2.45, 2.75) is 59.5 Å². The first kappa shape index (κ1) is 22.7. The lowest BCUT2D eigenvalue weighted by molar-refractivity contribution is -0.133. The van der Waals surface area contributed by atoms with E-state index < -0.39 is 0 Å². The first-order valence-corrected chi connectivity index (χ1v) is 10.6. The Morgan fingerprint density at radius 1 is 1.28 bits per heavy atom. The third kappa shape index (κ3) is 7.40. The second-order valence-corrected chi connectivity index (χ2v) is 7.76. The zero-order valence-electron chi connectivity index (χ0n) is 18.1. The van der Waals surface area contributed by atoms with Gasteiger partial charge in [0.2, 0.25) is 11.8 Å². The van der Waals surface area contributed by atoms with E-state index in [-0.39, 0.29) is 23.8 Å². The summed E-state index contributed by atoms with van der Waals surface area (Å²) in [6.45, 7) is 10.7. The Morgan fingerprint density at radius 2 is 2.07 bits per heavy atom. The van der Waals surface area contributed by atoms with E-state index in [9.17, 15) is 9.59 Å². The Bertz CT molecular complexity index is 717. The fraction of sp³-hybridized carbons (Fsp3) is 0.591. The SMILES string of the molecule is CCCC(=O)Nc1cccc(CN=C(NCC)NC2CCN(C(=O)C(C)C)C2)c1. The number of aliphatic imine (C=N–C) groups is 1. The molecule has 1 aromatic rings. The maximum absolute atomic E-state index is 12.2. The van der Waals surface area contributed by atoms with Gasteiger partial charge in [0.1, 0.15) is 0 Å². The number of amides is 2. The number of guanidine groups is 1. The van der Waals surface area contributed by atoms with Crippen molar-refractivity contribution in [3.05, 3.63) is 29.8 Å². The van der Waals surface area contributed by atoms with E-state index in [1.54, 1.807) is 0 Å². The molecule has 29 heavy (non-hydrogen) atoms. The van der Waals surface area contributed by atoms with Crippen LogP contribution in [0.25, 0.3) is 0 Å². The molecule has 7 nitrogen and oxygen atoms in total. The van der Waals surface area contributed by atoms with Crippen LogP contribution in [0, 0.1) is 5.92 Å². The first-order valence-electron chi connectivity index (χ1n) is 10.6. The van der Waals surface area contributed by atoms with Crippen LogP contribution in [0.4, 0.5) is 5.69 Å². The summed E-state index contributed by atoms with van der Waals surface area (Å²) < 4.78 is 0. The molecule has 1 fully saturated rings. The third-order valence-electron chi connectivity index (χ3n) is 4.79. The van der Waals surface area contributed by atoms with Gasteiger partial charge in [-0.3, -0.25) is 9.59 Å². The van der Waals surface area contributed by atoms with Crippen molar-refractivity contribution in [2.24, 2.45) is 10.9 Å². The molecule has 1 atom stereocenters. The van der Waals surface area contributed by atoms with E-state index in [1.807, 2.05) is 56.9 Å². The maximum Gasteiger partial charge on any atom is 0.225 e. The van der Waals surface area contributed by atoms with Gasteiger partial charge in [-0.25, -0.2) is 4.99 Å². The molecule has 7 heteroatoms. The van der Waals surface area contributed by atoms with Crippen molar-refractivity contribution in [1.29, 1.82) is 0 Å². The van der Waals surface area contributed by atoms with E-state index in [1.165, 1.54) is 0 Å². The Balaban J connectivity index is 1.95. The van der Waals surface area contributed by atoms with Crippen LogP contribution in [0.15, 0.2) is 29.3 Å². The molecule has 1 aliphatic heterocycles. The van der Waals surface area contributed by atoms with Crippen molar-refractivity contribution < 1.29 is 9.59 Å². The lowest BCUT2D eigenvalue weighted by atomic mass is 10.2. The topological polar surface area (TPSA) is 85.8 Å². The number of hydrogen-bond acceptors (Lipinski definition) is 3. The summed E-state index contributed by atoms with van der Waals surface area (Å²) in [5, 5.41) is 9.65. The molecule has 1 aliphatic rings. The van der Waals surface area contributed by atoms with Crippen LogP contribution in [-0.4, -0.2) is 48.3 Å². The highest BCUT2D eigenvalue weighted by atomic mass is 16.2. The van der Waals surface area contributed by atoms with Crippen LogP contribution in [-0.2, 0) is 16.1 Å². The van der Waals surface area contributed by atoms with Gasteiger partial charge in [0.05, 0.1) is 6.54 Å². The van der Waals surface area contributed by atoms with E-state index >= 15 is 0 Å². The summed E-state index contributed by atoms with van der Waals surface area (Å²) in [6, 6.07) is 7.98. The van der Waals surface area contributed by atoms with Gasteiger partial charge in [-0.1, -0.05) is 32.9 Å². The van der Waals surface area contributed by atoms with E-state index in [4.69, 9.17) is 0 Å². The number of likely N-dealkylation sites (tertiary alicyclic amines) is 1. The molecule has 1 unspecified atom stereocenters. The standard InChI is InChI=1S/C22H35N5O2/c1-5-8-20(28)25-18-10-7-9-17(13-18)14-24-22(23-6-2)26-19-11-12-27(15-19)21(29)16(3)4/h7,9-10,13,16,19H,5-6,8,11-12,14-15H2,1-4H3,(H,25,28)(H2,23,24,26). The Labute approximate surface area is 174 Å². The highest BCUT2D eigenvalue weighted by Crippen LogP contribution is 2.14. The molecule has 3 N–H and O–H groups in total. The Hall–Kier alpha value is -2.57. The van der Waals surface area contributed by atoms with Gasteiger partial charge in [0, 0.05) is 43.7 Å². The van der Waals surface area contributed by atoms with Crippen molar-refractivity contribution in [1.82, 2.24) is 15.5 Å². The summed E-state index contributed by atoms with van der Waals surface area (Å²) in [4.78, 5) is 30.6. The molecule has 0 radical (unpaired) electrons. The molecule has 160 valence electrons. The minimum atomic E-state index is 0.0285. The van der Waals surface area contributed by atoms with Crippen molar-refractivity contribution in [3.8, 4) is 0 Å². The number of benzene rings is 1. The number of rotatable bonds is 8. The van der Waals surface area contributed by atoms with Crippen molar-refractivity contribution >= 4 is 23.5 Å². The number of hydrogen-bond donors (Lipinski definition) is 3. The average Bonchev–Trinajstić information content (AvgIpc) is 3.14. The molecule has 0 saturated carbocycles. The molecule has 2 amide bonds. The summed E-state index contributed by atoms with van der Waals surface area (Å²) in [5.74, 6) is 1.01. The molecule has 0 aliphatic carbocycles. The van der Waals surface area contributed by atoms with Gasteiger partial charge in [0.15, 0.2) is 5.96 Å². The number of nitrogens with one attached hydrogen (secondary N) is 3. The van der Waals surface area contributed by atoms with Gasteiger partial charge >= 0.3 is 0 Å². The Kier molecular flexibility index (Phi) is 8.96. The van der Waals surface area contributed by atoms with Crippen LogP contribution in [0.2, 0.25) is 0 Å². The van der Waals surface area contributed by atoms with Gasteiger partial charge < -0.3 is 20.9 Å². The molecular formula is C22H35N5O2. The highest BCUT2D eigenvalue weighted by Gasteiger charge is 2.27. The van der Waals surface area contributed by atoms with Crippen LogP contribution in [0.1, 0.15) is 52.5 Å². The summed E-state index contributed by atoms with van der Waals surface area (Å²) >= 11 is 0. The van der Waals surface area contributed by atoms with E-state index in [2.05, 4.69) is 20.9 Å². The predicted octanol–water partition coefficient (Wildman–Crippen LogP) is 2.74. The van der Waals surface area contributed by atoms with Gasteiger partial charge in [0.25, 0.3) is 0 Å². The molecule has 1 saturated heterocycles. The normalized spacial score (nSPS) is 16.8. The second-order valence-electron chi connectivity index (χ2n) is 7.76. The molecule has 1 heterocycles. The lowest BCUT2D eigenvalue weighted by Crippen LogP contribution is -2.45. The van der Waals surface area contributed by atoms with Gasteiger partial charge in [-0.15, -0.1) is 0 Å². The molecule has 0 spiro atoms. The molecule has 0 bridgehead atoms. The van der Waals surface area contributed by atoms with Gasteiger partial charge in [-0.05, 0) is 37.5 Å². The highest BCUT2D eigenvalue weighted by molar-refractivity contribution is 5.90. The molecular weight excluding hydrogens is 366 g/mol. The minimum Gasteiger partial charge on any atom is -0.357 e. The number of carbonyl (C=O) groups is 2. The van der Waals surface area contributed by atoms with Gasteiger partial charge in [-0.2, -0.15) is 0 Å². The Morgan fingerprint density at radius 3 is 2.76 bits per heavy atom. The zero-order chi connectivity index (χ0) is 21.2. The minimum absolute atomic E-state index is 0.0285. The second kappa shape index (κ2) is 11.4. The van der Waals surface area contributed by atoms with E-state index in [0.717, 1.165) is 43.1 Å². The largest absolute Gasteiger partial charge is 0.357 e. The number of carbonyl (C=O) groups excluding carboxylic acids is 2. The molecule has 2 rings (SSSR count). The smallest absolute Gasteiger partial charge is 0.225 e. The summed E-state index contributed by atoms with van der Waals surface area (Å²) in [5.41, 5.74) is 1.83. The first-order chi connectivity index (χ1) is 13.9.